The third-order valence-corrected chi connectivity index (χ3v) is 2.63. The first-order chi connectivity index (χ1) is 5.29. The van der Waals surface area contributed by atoms with E-state index in [2.05, 4.69) is 38.0 Å². The molecule has 0 spiro atoms. The van der Waals surface area contributed by atoms with Crippen molar-refractivity contribution in [1.29, 1.82) is 0 Å². The van der Waals surface area contributed by atoms with Crippen molar-refractivity contribution in [3.05, 3.63) is 35.9 Å². The highest BCUT2D eigenvalue weighted by Crippen LogP contribution is 2.24. The molecule has 0 aromatic heterocycles. The second kappa shape index (κ2) is 3.63. The molecule has 0 atom stereocenters. The normalized spacial score (nSPS) is 9.64. The van der Waals surface area contributed by atoms with Gasteiger partial charge in [-0.05, 0) is 24.3 Å². The Morgan fingerprint density at radius 2 is 2.18 bits per heavy atom. The zero-order valence-corrected chi connectivity index (χ0v) is 7.74. The molecule has 1 rings (SSSR count). The lowest BCUT2D eigenvalue weighted by Gasteiger charge is -2.05. The summed E-state index contributed by atoms with van der Waals surface area (Å²) in [6.45, 7) is 5.89. The van der Waals surface area contributed by atoms with Gasteiger partial charge in [-0.1, -0.05) is 30.9 Å². The molecule has 0 unspecified atom stereocenters. The summed E-state index contributed by atoms with van der Waals surface area (Å²) in [7, 11) is 0. The molecule has 0 aliphatic rings. The number of thioether (sulfide) groups is 1. The van der Waals surface area contributed by atoms with Gasteiger partial charge in [0.15, 0.2) is 0 Å². The molecule has 0 N–H and O–H groups in total. The summed E-state index contributed by atoms with van der Waals surface area (Å²) in [4.78, 5) is 1.34. The molecule has 0 heterocycles. The van der Waals surface area contributed by atoms with Crippen molar-refractivity contribution in [3.63, 3.8) is 0 Å². The molecule has 0 fully saturated rings. The van der Waals surface area contributed by atoms with Crippen LogP contribution in [-0.4, -0.2) is 6.26 Å². The van der Waals surface area contributed by atoms with Crippen molar-refractivity contribution in [1.82, 2.24) is 0 Å². The molecule has 11 heavy (non-hydrogen) atoms. The van der Waals surface area contributed by atoms with Gasteiger partial charge in [-0.3, -0.25) is 0 Å². The van der Waals surface area contributed by atoms with E-state index in [9.17, 15) is 0 Å². The minimum Gasteiger partial charge on any atom is -0.129 e. The van der Waals surface area contributed by atoms with Crippen molar-refractivity contribution in [2.24, 2.45) is 0 Å². The van der Waals surface area contributed by atoms with E-state index >= 15 is 0 Å². The van der Waals surface area contributed by atoms with E-state index in [1.807, 2.05) is 6.08 Å². The average Bonchev–Trinajstić information content (AvgIpc) is 2.04. The van der Waals surface area contributed by atoms with E-state index in [1.165, 1.54) is 16.0 Å². The number of benzene rings is 1. The first kappa shape index (κ1) is 8.41. The molecule has 58 valence electrons. The Morgan fingerprint density at radius 3 is 2.64 bits per heavy atom. The van der Waals surface area contributed by atoms with Gasteiger partial charge < -0.3 is 0 Å². The number of hydrogen-bond acceptors (Lipinski definition) is 1. The van der Waals surface area contributed by atoms with Crippen molar-refractivity contribution < 1.29 is 0 Å². The Kier molecular flexibility index (Phi) is 2.77. The van der Waals surface area contributed by atoms with E-state index in [0.717, 1.165) is 0 Å². The van der Waals surface area contributed by atoms with E-state index in [1.54, 1.807) is 11.8 Å². The van der Waals surface area contributed by atoms with E-state index < -0.39 is 0 Å². The summed E-state index contributed by atoms with van der Waals surface area (Å²) in [6.07, 6.45) is 3.99. The van der Waals surface area contributed by atoms with E-state index in [4.69, 9.17) is 0 Å². The molecule has 0 nitrogen and oxygen atoms in total. The molecular formula is C10H12S. The third kappa shape index (κ3) is 1.66. The highest BCUT2D eigenvalue weighted by atomic mass is 32.2. The lowest BCUT2D eigenvalue weighted by Crippen LogP contribution is -1.82. The maximum atomic E-state index is 3.77. The predicted molar refractivity (Wildman–Crippen MR) is 53.1 cm³/mol. The summed E-state index contributed by atoms with van der Waals surface area (Å²) in [5, 5.41) is 0. The van der Waals surface area contributed by atoms with Gasteiger partial charge >= 0.3 is 0 Å². The molecule has 0 saturated carbocycles. The van der Waals surface area contributed by atoms with Gasteiger partial charge in [0.25, 0.3) is 0 Å². The molecule has 1 aromatic rings. The summed E-state index contributed by atoms with van der Waals surface area (Å²) in [5.74, 6) is 0. The highest BCUT2D eigenvalue weighted by Gasteiger charge is 1.99. The third-order valence-electron chi connectivity index (χ3n) is 1.67. The molecule has 0 bridgehead atoms. The number of hydrogen-bond donors (Lipinski definition) is 0. The molecule has 0 aliphatic carbocycles. The van der Waals surface area contributed by atoms with Crippen molar-refractivity contribution in [2.45, 2.75) is 11.8 Å². The topological polar surface area (TPSA) is 0 Å². The summed E-state index contributed by atoms with van der Waals surface area (Å²) in [6, 6.07) is 6.27. The molecule has 1 aromatic carbocycles. The van der Waals surface area contributed by atoms with Crippen LogP contribution in [0.5, 0.6) is 0 Å². The second-order valence-electron chi connectivity index (χ2n) is 2.40. The number of rotatable bonds is 2. The van der Waals surface area contributed by atoms with Gasteiger partial charge in [0.1, 0.15) is 0 Å². The first-order valence-electron chi connectivity index (χ1n) is 3.55. The monoisotopic (exact) mass is 164 g/mol. The Morgan fingerprint density at radius 1 is 1.45 bits per heavy atom. The average molecular weight is 164 g/mol. The smallest absolute Gasteiger partial charge is 0.0171 e. The van der Waals surface area contributed by atoms with Crippen LogP contribution in [0.15, 0.2) is 29.7 Å². The quantitative estimate of drug-likeness (QED) is 0.604. The Hall–Kier alpha value is -0.690. The van der Waals surface area contributed by atoms with Crippen LogP contribution in [0.1, 0.15) is 11.1 Å². The summed E-state index contributed by atoms with van der Waals surface area (Å²) < 4.78 is 0. The fourth-order valence-corrected chi connectivity index (χ4v) is 1.89. The zero-order valence-electron chi connectivity index (χ0n) is 6.92. The maximum absolute atomic E-state index is 3.77. The van der Waals surface area contributed by atoms with Gasteiger partial charge in [-0.15, -0.1) is 11.8 Å². The van der Waals surface area contributed by atoms with Gasteiger partial charge in [0, 0.05) is 4.90 Å². The Balaban J connectivity index is 3.23. The van der Waals surface area contributed by atoms with Crippen molar-refractivity contribution >= 4 is 17.8 Å². The first-order valence-corrected chi connectivity index (χ1v) is 4.78. The molecule has 0 aliphatic heterocycles. The van der Waals surface area contributed by atoms with E-state index in [0.29, 0.717) is 0 Å². The largest absolute Gasteiger partial charge is 0.129 e. The lowest BCUT2D eigenvalue weighted by atomic mass is 10.1. The summed E-state index contributed by atoms with van der Waals surface area (Å²) >= 11 is 1.78. The van der Waals surface area contributed by atoms with Crippen molar-refractivity contribution in [3.8, 4) is 0 Å². The molecule has 0 saturated heterocycles. The second-order valence-corrected chi connectivity index (χ2v) is 3.22. The molecule has 0 radical (unpaired) electrons. The van der Waals surface area contributed by atoms with Gasteiger partial charge in [0.05, 0.1) is 0 Å². The van der Waals surface area contributed by atoms with Crippen LogP contribution in [-0.2, 0) is 0 Å². The summed E-state index contributed by atoms with van der Waals surface area (Å²) in [5.41, 5.74) is 2.56. The Labute approximate surface area is 72.3 Å². The van der Waals surface area contributed by atoms with Crippen LogP contribution in [0.3, 0.4) is 0 Å². The standard InChI is InChI=1S/C10H12S/c1-4-9-7-5-6-8(2)10(9)11-3/h4-7H,1H2,2-3H3. The fourth-order valence-electron chi connectivity index (χ4n) is 1.11. The van der Waals surface area contributed by atoms with Crippen LogP contribution in [0.25, 0.3) is 6.08 Å². The van der Waals surface area contributed by atoms with Gasteiger partial charge in [-0.2, -0.15) is 0 Å². The van der Waals surface area contributed by atoms with Crippen LogP contribution in [0.4, 0.5) is 0 Å². The van der Waals surface area contributed by atoms with Crippen LogP contribution >= 0.6 is 11.8 Å². The van der Waals surface area contributed by atoms with Crippen LogP contribution < -0.4 is 0 Å². The van der Waals surface area contributed by atoms with Crippen LogP contribution in [0.2, 0.25) is 0 Å². The van der Waals surface area contributed by atoms with Crippen LogP contribution in [0, 0.1) is 6.92 Å². The van der Waals surface area contributed by atoms with Gasteiger partial charge in [-0.25, -0.2) is 0 Å². The van der Waals surface area contributed by atoms with E-state index in [-0.39, 0.29) is 0 Å². The highest BCUT2D eigenvalue weighted by molar-refractivity contribution is 7.98. The van der Waals surface area contributed by atoms with Gasteiger partial charge in [0.2, 0.25) is 0 Å². The molecular weight excluding hydrogens is 152 g/mol. The zero-order chi connectivity index (χ0) is 8.27. The minimum atomic E-state index is 1.23. The molecule has 1 heteroatoms. The maximum Gasteiger partial charge on any atom is 0.0171 e. The van der Waals surface area contributed by atoms with Crippen molar-refractivity contribution in [2.75, 3.05) is 6.26 Å². The Bertz CT molecular complexity index is 264. The lowest BCUT2D eigenvalue weighted by molar-refractivity contribution is 1.29. The fraction of sp³-hybridized carbons (Fsp3) is 0.200. The predicted octanol–water partition coefficient (Wildman–Crippen LogP) is 3.36. The SMILES string of the molecule is C=Cc1cccc(C)c1SC. The number of aryl methyl sites for hydroxylation is 1. The molecule has 0 amide bonds. The minimum absolute atomic E-state index is 1.23.